The van der Waals surface area contributed by atoms with Gasteiger partial charge in [0.2, 0.25) is 0 Å². The molecule has 5 heteroatoms. The van der Waals surface area contributed by atoms with Crippen molar-refractivity contribution in [1.29, 1.82) is 0 Å². The standard InChI is InChI=1S/C15H16BrFN2S/c16-12-4-1-3-11(14(12)17)15(13-5-2-10-20-13)19-8-6-18-7-9-19/h1-5,10,15,18H,6-9H2/t15-/m0/s1. The van der Waals surface area contributed by atoms with E-state index in [0.29, 0.717) is 4.47 Å². The number of benzene rings is 1. The second-order valence-electron chi connectivity index (χ2n) is 4.85. The summed E-state index contributed by atoms with van der Waals surface area (Å²) in [5, 5.41) is 5.41. The molecule has 0 radical (unpaired) electrons. The van der Waals surface area contributed by atoms with Crippen molar-refractivity contribution in [2.24, 2.45) is 0 Å². The van der Waals surface area contributed by atoms with E-state index < -0.39 is 0 Å². The summed E-state index contributed by atoms with van der Waals surface area (Å²) in [7, 11) is 0. The number of halogens is 2. The molecule has 1 N–H and O–H groups in total. The van der Waals surface area contributed by atoms with Gasteiger partial charge in [0.25, 0.3) is 0 Å². The van der Waals surface area contributed by atoms with Crippen LogP contribution in [0.25, 0.3) is 0 Å². The highest BCUT2D eigenvalue weighted by Gasteiger charge is 2.27. The highest BCUT2D eigenvalue weighted by molar-refractivity contribution is 9.10. The third kappa shape index (κ3) is 2.81. The number of piperazine rings is 1. The Kier molecular flexibility index (Phi) is 4.51. The van der Waals surface area contributed by atoms with Crippen molar-refractivity contribution in [3.63, 3.8) is 0 Å². The van der Waals surface area contributed by atoms with Crippen molar-refractivity contribution in [3.8, 4) is 0 Å². The van der Waals surface area contributed by atoms with Gasteiger partial charge in [-0.1, -0.05) is 18.2 Å². The van der Waals surface area contributed by atoms with E-state index in [-0.39, 0.29) is 11.9 Å². The Balaban J connectivity index is 2.03. The fraction of sp³-hybridized carbons (Fsp3) is 0.333. The molecule has 0 bridgehead atoms. The summed E-state index contributed by atoms with van der Waals surface area (Å²) in [5.74, 6) is -0.149. The molecule has 0 saturated carbocycles. The molecule has 1 aliphatic rings. The minimum absolute atomic E-state index is 0.00889. The van der Waals surface area contributed by atoms with Gasteiger partial charge in [-0.25, -0.2) is 4.39 Å². The van der Waals surface area contributed by atoms with Gasteiger partial charge in [0.15, 0.2) is 0 Å². The van der Waals surface area contributed by atoms with Crippen LogP contribution in [-0.4, -0.2) is 31.1 Å². The van der Waals surface area contributed by atoms with Crippen molar-refractivity contribution in [3.05, 3.63) is 56.4 Å². The average molecular weight is 355 g/mol. The fourth-order valence-corrected chi connectivity index (χ4v) is 3.91. The molecule has 2 heterocycles. The molecule has 1 fully saturated rings. The molecular formula is C15H16BrFN2S. The van der Waals surface area contributed by atoms with Crippen molar-refractivity contribution >= 4 is 27.3 Å². The lowest BCUT2D eigenvalue weighted by molar-refractivity contribution is 0.197. The molecule has 2 nitrogen and oxygen atoms in total. The van der Waals surface area contributed by atoms with E-state index in [9.17, 15) is 4.39 Å². The van der Waals surface area contributed by atoms with Gasteiger partial charge < -0.3 is 5.32 Å². The summed E-state index contributed by atoms with van der Waals surface area (Å²) < 4.78 is 15.0. The number of hydrogen-bond donors (Lipinski definition) is 1. The highest BCUT2D eigenvalue weighted by atomic mass is 79.9. The van der Waals surface area contributed by atoms with Crippen molar-refractivity contribution < 1.29 is 4.39 Å². The largest absolute Gasteiger partial charge is 0.314 e. The number of nitrogens with zero attached hydrogens (tertiary/aromatic N) is 1. The van der Waals surface area contributed by atoms with Crippen LogP contribution < -0.4 is 5.32 Å². The van der Waals surface area contributed by atoms with E-state index in [2.05, 4.69) is 37.6 Å². The Morgan fingerprint density at radius 2 is 2.00 bits per heavy atom. The second-order valence-corrected chi connectivity index (χ2v) is 6.68. The Morgan fingerprint density at radius 1 is 1.20 bits per heavy atom. The first-order valence-electron chi connectivity index (χ1n) is 6.69. The predicted octanol–water partition coefficient (Wildman–Crippen LogP) is 3.64. The van der Waals surface area contributed by atoms with E-state index in [1.807, 2.05) is 18.2 Å². The van der Waals surface area contributed by atoms with E-state index in [4.69, 9.17) is 0 Å². The minimum atomic E-state index is -0.149. The lowest BCUT2D eigenvalue weighted by atomic mass is 10.0. The third-order valence-corrected chi connectivity index (χ3v) is 5.14. The molecule has 1 atom stereocenters. The van der Waals surface area contributed by atoms with E-state index in [0.717, 1.165) is 31.7 Å². The average Bonchev–Trinajstić information content (AvgIpc) is 2.99. The molecule has 1 aliphatic heterocycles. The summed E-state index contributed by atoms with van der Waals surface area (Å²) in [6.07, 6.45) is 0. The zero-order valence-corrected chi connectivity index (χ0v) is 13.4. The van der Waals surface area contributed by atoms with Crippen molar-refractivity contribution in [1.82, 2.24) is 10.2 Å². The van der Waals surface area contributed by atoms with Crippen LogP contribution in [0.1, 0.15) is 16.5 Å². The van der Waals surface area contributed by atoms with Gasteiger partial charge >= 0.3 is 0 Å². The third-order valence-electron chi connectivity index (χ3n) is 3.61. The van der Waals surface area contributed by atoms with Gasteiger partial charge in [-0.3, -0.25) is 4.90 Å². The Bertz CT molecular complexity index is 567. The predicted molar refractivity (Wildman–Crippen MR) is 84.7 cm³/mol. The van der Waals surface area contributed by atoms with Gasteiger partial charge in [0, 0.05) is 36.6 Å². The van der Waals surface area contributed by atoms with Crippen LogP contribution in [0.2, 0.25) is 0 Å². The Hall–Kier alpha value is -0.750. The van der Waals surface area contributed by atoms with Crippen LogP contribution in [0.15, 0.2) is 40.2 Å². The van der Waals surface area contributed by atoms with Crippen LogP contribution in [0.5, 0.6) is 0 Å². The first kappa shape index (κ1) is 14.2. The molecule has 1 saturated heterocycles. The molecule has 2 aromatic rings. The summed E-state index contributed by atoms with van der Waals surface area (Å²) >= 11 is 4.99. The fourth-order valence-electron chi connectivity index (χ4n) is 2.65. The monoisotopic (exact) mass is 354 g/mol. The molecular weight excluding hydrogens is 339 g/mol. The Labute approximate surface area is 130 Å². The molecule has 1 aromatic heterocycles. The zero-order valence-electron chi connectivity index (χ0n) is 11.0. The van der Waals surface area contributed by atoms with Crippen LogP contribution in [0.3, 0.4) is 0 Å². The number of hydrogen-bond acceptors (Lipinski definition) is 3. The minimum Gasteiger partial charge on any atom is -0.314 e. The first-order chi connectivity index (χ1) is 9.77. The van der Waals surface area contributed by atoms with Crippen LogP contribution in [-0.2, 0) is 0 Å². The molecule has 0 amide bonds. The number of rotatable bonds is 3. The van der Waals surface area contributed by atoms with Gasteiger partial charge in [-0.05, 0) is 33.4 Å². The molecule has 106 valence electrons. The van der Waals surface area contributed by atoms with E-state index in [1.165, 1.54) is 4.88 Å². The number of thiophene rings is 1. The topological polar surface area (TPSA) is 15.3 Å². The molecule has 1 aromatic carbocycles. The summed E-state index contributed by atoms with van der Waals surface area (Å²) in [6, 6.07) is 9.69. The maximum atomic E-state index is 14.5. The lowest BCUT2D eigenvalue weighted by Crippen LogP contribution is -2.45. The smallest absolute Gasteiger partial charge is 0.142 e. The van der Waals surface area contributed by atoms with E-state index in [1.54, 1.807) is 17.4 Å². The normalized spacial score (nSPS) is 18.1. The van der Waals surface area contributed by atoms with Gasteiger partial charge in [0.1, 0.15) is 5.82 Å². The van der Waals surface area contributed by atoms with Gasteiger partial charge in [-0.15, -0.1) is 11.3 Å². The van der Waals surface area contributed by atoms with Crippen LogP contribution in [0.4, 0.5) is 4.39 Å². The maximum absolute atomic E-state index is 14.5. The first-order valence-corrected chi connectivity index (χ1v) is 8.36. The van der Waals surface area contributed by atoms with E-state index >= 15 is 0 Å². The SMILES string of the molecule is Fc1c(Br)cccc1[C@@H](c1cccs1)N1CCNCC1. The van der Waals surface area contributed by atoms with Crippen LogP contribution >= 0.6 is 27.3 Å². The van der Waals surface area contributed by atoms with Crippen LogP contribution in [0, 0.1) is 5.82 Å². The Morgan fingerprint density at radius 3 is 2.70 bits per heavy atom. The maximum Gasteiger partial charge on any atom is 0.142 e. The summed E-state index contributed by atoms with van der Waals surface area (Å²) in [6.45, 7) is 3.79. The molecule has 0 spiro atoms. The van der Waals surface area contributed by atoms with Gasteiger partial charge in [0.05, 0.1) is 10.5 Å². The second kappa shape index (κ2) is 6.35. The lowest BCUT2D eigenvalue weighted by Gasteiger charge is -2.35. The van der Waals surface area contributed by atoms with Crippen molar-refractivity contribution in [2.45, 2.75) is 6.04 Å². The summed E-state index contributed by atoms with van der Waals surface area (Å²) in [4.78, 5) is 3.55. The van der Waals surface area contributed by atoms with Crippen molar-refractivity contribution in [2.75, 3.05) is 26.2 Å². The summed E-state index contributed by atoms with van der Waals surface area (Å²) in [5.41, 5.74) is 0.753. The highest BCUT2D eigenvalue weighted by Crippen LogP contribution is 2.35. The van der Waals surface area contributed by atoms with Gasteiger partial charge in [-0.2, -0.15) is 0 Å². The quantitative estimate of drug-likeness (QED) is 0.904. The zero-order chi connectivity index (χ0) is 13.9. The molecule has 0 unspecified atom stereocenters. The number of nitrogens with one attached hydrogen (secondary N) is 1. The molecule has 0 aliphatic carbocycles. The molecule has 3 rings (SSSR count). The molecule has 20 heavy (non-hydrogen) atoms.